The molecular formula is C40H32N12O3. The van der Waals surface area contributed by atoms with E-state index in [1.54, 1.807) is 48.0 Å². The number of fused-ring (bicyclic) bond motifs is 2. The van der Waals surface area contributed by atoms with Gasteiger partial charge in [0.05, 0.1) is 22.4 Å². The van der Waals surface area contributed by atoms with Gasteiger partial charge in [-0.25, -0.2) is 19.3 Å². The van der Waals surface area contributed by atoms with E-state index < -0.39 is 0 Å². The minimum atomic E-state index is 0.248. The van der Waals surface area contributed by atoms with E-state index in [-0.39, 0.29) is 11.4 Å². The van der Waals surface area contributed by atoms with E-state index in [1.807, 2.05) is 74.5 Å². The van der Waals surface area contributed by atoms with Gasteiger partial charge >= 0.3 is 0 Å². The minimum absolute atomic E-state index is 0.248. The van der Waals surface area contributed by atoms with Crippen LogP contribution in [-0.2, 0) is 27.3 Å². The number of hydrogen-bond acceptors (Lipinski definition) is 12. The fourth-order valence-corrected chi connectivity index (χ4v) is 5.79. The predicted molar refractivity (Wildman–Crippen MR) is 201 cm³/mol. The van der Waals surface area contributed by atoms with Crippen molar-refractivity contribution in [3.8, 4) is 46.2 Å². The molecule has 8 rings (SSSR count). The second-order valence-electron chi connectivity index (χ2n) is 12.6. The number of aromatic nitrogens is 10. The summed E-state index contributed by atoms with van der Waals surface area (Å²) in [5, 5.41) is 45.8. The Labute approximate surface area is 314 Å². The molecule has 0 aliphatic carbocycles. The maximum absolute atomic E-state index is 11.1. The van der Waals surface area contributed by atoms with Gasteiger partial charge in [0.15, 0.2) is 23.8 Å². The largest absolute Gasteiger partial charge is 0.619 e. The summed E-state index contributed by atoms with van der Waals surface area (Å²) in [5.41, 5.74) is 10.1. The molecule has 6 aromatic heterocycles. The Balaban J connectivity index is 0.000000169. The van der Waals surface area contributed by atoms with Crippen molar-refractivity contribution < 1.29 is 14.2 Å². The standard InChI is InChI=1S/C20H16N6O2.C20H16N6O/c1-13-9-15(3-4-19(13)28-12-14-5-7-26(27)8-6-14)16-10-18-20(17(11-21)22-16)23-24-25(18)2;1-13-9-15(3-4-19(13)27-12-14-5-7-22-8-6-14)16-10-18-20(17(11-21)23-16)24-25-26(18)2/h3-10H,12H2,1-2H3;3-10H,12H2,1-2H3. The first-order chi connectivity index (χ1) is 26.7. The van der Waals surface area contributed by atoms with Crippen molar-refractivity contribution in [1.29, 1.82) is 10.5 Å². The zero-order chi connectivity index (χ0) is 38.5. The summed E-state index contributed by atoms with van der Waals surface area (Å²) < 4.78 is 15.8. The lowest BCUT2D eigenvalue weighted by atomic mass is 10.1. The topological polar surface area (TPSA) is 193 Å². The first-order valence-electron chi connectivity index (χ1n) is 17.0. The van der Waals surface area contributed by atoms with E-state index >= 15 is 0 Å². The van der Waals surface area contributed by atoms with Crippen molar-refractivity contribution in [2.24, 2.45) is 14.1 Å². The van der Waals surface area contributed by atoms with Gasteiger partial charge in [-0.3, -0.25) is 4.98 Å². The van der Waals surface area contributed by atoms with Gasteiger partial charge in [-0.2, -0.15) is 15.3 Å². The van der Waals surface area contributed by atoms with E-state index in [1.165, 1.54) is 12.4 Å². The lowest BCUT2D eigenvalue weighted by molar-refractivity contribution is -0.605. The van der Waals surface area contributed by atoms with Crippen molar-refractivity contribution in [2.75, 3.05) is 0 Å². The highest BCUT2D eigenvalue weighted by Gasteiger charge is 2.15. The highest BCUT2D eigenvalue weighted by Crippen LogP contribution is 2.30. The Morgan fingerprint density at radius 2 is 1.11 bits per heavy atom. The molecule has 0 saturated heterocycles. The number of rotatable bonds is 8. The Kier molecular flexibility index (Phi) is 10.0. The highest BCUT2D eigenvalue weighted by molar-refractivity contribution is 5.84. The highest BCUT2D eigenvalue weighted by atomic mass is 16.5. The van der Waals surface area contributed by atoms with Crippen LogP contribution < -0.4 is 14.2 Å². The van der Waals surface area contributed by atoms with Crippen molar-refractivity contribution in [2.45, 2.75) is 27.1 Å². The quantitative estimate of drug-likeness (QED) is 0.139. The van der Waals surface area contributed by atoms with E-state index in [9.17, 15) is 15.7 Å². The molecule has 55 heavy (non-hydrogen) atoms. The van der Waals surface area contributed by atoms with Crippen molar-refractivity contribution >= 4 is 22.1 Å². The zero-order valence-electron chi connectivity index (χ0n) is 30.2. The molecule has 15 heteroatoms. The van der Waals surface area contributed by atoms with E-state index in [2.05, 4.69) is 47.7 Å². The molecule has 0 bridgehead atoms. The molecule has 270 valence electrons. The van der Waals surface area contributed by atoms with Crippen LogP contribution in [0.25, 0.3) is 44.6 Å². The van der Waals surface area contributed by atoms with Crippen LogP contribution in [0.1, 0.15) is 33.6 Å². The zero-order valence-corrected chi connectivity index (χ0v) is 30.2. The maximum Gasteiger partial charge on any atom is 0.180 e. The Bertz CT molecular complexity index is 2750. The molecule has 6 heterocycles. The number of benzene rings is 2. The van der Waals surface area contributed by atoms with Crippen LogP contribution in [0, 0.1) is 41.7 Å². The Morgan fingerprint density at radius 3 is 1.55 bits per heavy atom. The van der Waals surface area contributed by atoms with Gasteiger partial charge in [0, 0.05) is 55.3 Å². The average molecular weight is 729 g/mol. The van der Waals surface area contributed by atoms with E-state index in [0.29, 0.717) is 35.6 Å². The molecule has 0 fully saturated rings. The van der Waals surface area contributed by atoms with Crippen molar-refractivity contribution in [1.82, 2.24) is 44.9 Å². The molecule has 0 aliphatic heterocycles. The fraction of sp³-hybridized carbons (Fsp3) is 0.150. The Morgan fingerprint density at radius 1 is 0.655 bits per heavy atom. The number of aryl methyl sites for hydroxylation is 4. The summed E-state index contributed by atoms with van der Waals surface area (Å²) in [6.07, 6.45) is 6.38. The van der Waals surface area contributed by atoms with Gasteiger partial charge < -0.3 is 14.7 Å². The van der Waals surface area contributed by atoms with Gasteiger partial charge in [0.2, 0.25) is 0 Å². The van der Waals surface area contributed by atoms with Gasteiger partial charge in [-0.15, -0.1) is 10.2 Å². The molecule has 0 N–H and O–H groups in total. The smallest absolute Gasteiger partial charge is 0.180 e. The van der Waals surface area contributed by atoms with Gasteiger partial charge in [-0.05, 0) is 91.2 Å². The van der Waals surface area contributed by atoms with Crippen LogP contribution in [0.3, 0.4) is 0 Å². The summed E-state index contributed by atoms with van der Waals surface area (Å²) in [5.74, 6) is 1.55. The molecule has 0 spiro atoms. The van der Waals surface area contributed by atoms with Crippen molar-refractivity contribution in [3.63, 3.8) is 0 Å². The van der Waals surface area contributed by atoms with Crippen LogP contribution in [0.15, 0.2) is 97.6 Å². The second kappa shape index (κ2) is 15.4. The van der Waals surface area contributed by atoms with Crippen molar-refractivity contribution in [3.05, 3.63) is 136 Å². The van der Waals surface area contributed by atoms with Crippen LogP contribution in [0.5, 0.6) is 11.5 Å². The van der Waals surface area contributed by atoms with E-state index in [4.69, 9.17) is 9.47 Å². The predicted octanol–water partition coefficient (Wildman–Crippen LogP) is 5.61. The summed E-state index contributed by atoms with van der Waals surface area (Å²) >= 11 is 0. The normalized spacial score (nSPS) is 10.7. The maximum atomic E-state index is 11.1. The third-order valence-electron chi connectivity index (χ3n) is 8.76. The first kappa shape index (κ1) is 35.6. The van der Waals surface area contributed by atoms with Crippen LogP contribution in [0.4, 0.5) is 0 Å². The number of pyridine rings is 4. The molecular weight excluding hydrogens is 697 g/mol. The van der Waals surface area contributed by atoms with Gasteiger partial charge in [0.1, 0.15) is 47.9 Å². The minimum Gasteiger partial charge on any atom is -0.619 e. The second-order valence-corrected chi connectivity index (χ2v) is 12.6. The Hall–Kier alpha value is -7.78. The van der Waals surface area contributed by atoms with E-state index in [0.717, 1.165) is 60.6 Å². The number of nitriles is 2. The number of ether oxygens (including phenoxy) is 2. The molecule has 2 aromatic carbocycles. The van der Waals surface area contributed by atoms with Crippen LogP contribution in [-0.4, -0.2) is 44.9 Å². The number of nitrogens with zero attached hydrogens (tertiary/aromatic N) is 12. The molecule has 0 aliphatic rings. The monoisotopic (exact) mass is 728 g/mol. The first-order valence-corrected chi connectivity index (χ1v) is 17.0. The molecule has 0 saturated carbocycles. The lowest BCUT2D eigenvalue weighted by Gasteiger charge is -2.11. The van der Waals surface area contributed by atoms with Gasteiger partial charge in [-0.1, -0.05) is 10.4 Å². The summed E-state index contributed by atoms with van der Waals surface area (Å²) in [6, 6.07) is 26.8. The molecule has 0 amide bonds. The van der Waals surface area contributed by atoms with Gasteiger partial charge in [0.25, 0.3) is 0 Å². The molecule has 15 nitrogen and oxygen atoms in total. The molecule has 0 radical (unpaired) electrons. The summed E-state index contributed by atoms with van der Waals surface area (Å²) in [4.78, 5) is 12.9. The molecule has 8 aromatic rings. The summed E-state index contributed by atoms with van der Waals surface area (Å²) in [6.45, 7) is 4.78. The molecule has 0 atom stereocenters. The lowest BCUT2D eigenvalue weighted by Crippen LogP contribution is -2.23. The fourth-order valence-electron chi connectivity index (χ4n) is 5.79. The average Bonchev–Trinajstić information content (AvgIpc) is 3.78. The third-order valence-corrected chi connectivity index (χ3v) is 8.76. The number of hydrogen-bond donors (Lipinski definition) is 0. The summed E-state index contributed by atoms with van der Waals surface area (Å²) in [7, 11) is 3.57. The third kappa shape index (κ3) is 7.72. The van der Waals surface area contributed by atoms with Crippen LogP contribution in [0.2, 0.25) is 0 Å². The van der Waals surface area contributed by atoms with Crippen LogP contribution >= 0.6 is 0 Å². The molecule has 0 unspecified atom stereocenters. The SMILES string of the molecule is Cc1cc(-c2cc3c(nnn3C)c(C#N)n2)ccc1OCc1cc[n+]([O-])cc1.Cc1cc(-c2cc3c(nnn3C)c(C#N)n2)ccc1OCc1ccncc1.